The number of hydrogen-bond acceptors (Lipinski definition) is 3. The minimum absolute atomic E-state index is 0.236. The molecule has 1 atom stereocenters. The molecule has 3 aromatic rings. The van der Waals surface area contributed by atoms with Gasteiger partial charge in [-0.2, -0.15) is 17.9 Å². The van der Waals surface area contributed by atoms with Crippen LogP contribution in [0.2, 0.25) is 0 Å². The molecule has 0 N–H and O–H groups in total. The van der Waals surface area contributed by atoms with Gasteiger partial charge in [0.1, 0.15) is 0 Å². The van der Waals surface area contributed by atoms with E-state index in [-0.39, 0.29) is 4.90 Å². The smallest absolute Gasteiger partial charge is 0.200 e. The van der Waals surface area contributed by atoms with E-state index in [4.69, 9.17) is 0 Å². The Morgan fingerprint density at radius 1 is 0.933 bits per heavy atom. The molecule has 4 nitrogen and oxygen atoms in total. The number of sulfonamides is 1. The molecule has 0 saturated carbocycles. The molecule has 0 bridgehead atoms. The molecule has 0 aliphatic carbocycles. The number of nitrogens with zero attached hydrogens (tertiary/aromatic N) is 2. The van der Waals surface area contributed by atoms with Crippen LogP contribution in [-0.4, -0.2) is 24.6 Å². The van der Waals surface area contributed by atoms with Gasteiger partial charge in [-0.1, -0.05) is 76.1 Å². The van der Waals surface area contributed by atoms with Gasteiger partial charge in [-0.05, 0) is 49.8 Å². The van der Waals surface area contributed by atoms with Crippen LogP contribution in [0.5, 0.6) is 0 Å². The predicted molar refractivity (Wildman–Crippen MR) is 125 cm³/mol. The monoisotopic (exact) mass is 480 g/mol. The van der Waals surface area contributed by atoms with Crippen molar-refractivity contribution in [1.82, 2.24) is 4.41 Å². The summed E-state index contributed by atoms with van der Waals surface area (Å²) in [6.45, 7) is 3.80. The zero-order chi connectivity index (χ0) is 21.3. The third kappa shape index (κ3) is 3.98. The first-order valence-corrected chi connectivity index (χ1v) is 11.8. The van der Waals surface area contributed by atoms with E-state index in [9.17, 15) is 8.42 Å². The zero-order valence-corrected chi connectivity index (χ0v) is 19.1. The molecule has 1 aliphatic rings. The normalized spacial score (nSPS) is 18.0. The number of benzene rings is 3. The summed E-state index contributed by atoms with van der Waals surface area (Å²) in [5.41, 5.74) is 4.40. The SMILES string of the molecule is Cc1ccc(S(=O)(=O)N2N=C(c3ccc(Br)cc3)/C(=C/c3ccccc3)C2C)cc1. The molecule has 1 unspecified atom stereocenters. The molecule has 0 radical (unpaired) electrons. The molecule has 3 aromatic carbocycles. The van der Waals surface area contributed by atoms with Gasteiger partial charge in [0.25, 0.3) is 10.0 Å². The van der Waals surface area contributed by atoms with Gasteiger partial charge in [-0.3, -0.25) is 0 Å². The predicted octanol–water partition coefficient (Wildman–Crippen LogP) is 5.64. The molecule has 6 heteroatoms. The van der Waals surface area contributed by atoms with Crippen LogP contribution in [0.25, 0.3) is 6.08 Å². The Morgan fingerprint density at radius 3 is 2.20 bits per heavy atom. The molecule has 1 aliphatic heterocycles. The summed E-state index contributed by atoms with van der Waals surface area (Å²) < 4.78 is 28.9. The van der Waals surface area contributed by atoms with Crippen LogP contribution in [0.15, 0.2) is 98.9 Å². The van der Waals surface area contributed by atoms with E-state index in [1.54, 1.807) is 24.3 Å². The Hall–Kier alpha value is -2.70. The average Bonchev–Trinajstić information content (AvgIpc) is 3.07. The van der Waals surface area contributed by atoms with Crippen molar-refractivity contribution in [3.05, 3.63) is 106 Å². The Kier molecular flexibility index (Phi) is 5.62. The molecule has 0 amide bonds. The minimum Gasteiger partial charge on any atom is -0.200 e. The van der Waals surface area contributed by atoms with Crippen LogP contribution in [0.1, 0.15) is 23.6 Å². The van der Waals surface area contributed by atoms with Gasteiger partial charge in [-0.15, -0.1) is 0 Å². The van der Waals surface area contributed by atoms with Crippen LogP contribution >= 0.6 is 15.9 Å². The van der Waals surface area contributed by atoms with Crippen molar-refractivity contribution in [2.75, 3.05) is 0 Å². The van der Waals surface area contributed by atoms with E-state index in [1.807, 2.05) is 74.5 Å². The standard InChI is InChI=1S/C24H21BrN2O2S/c1-17-8-14-22(15-9-17)30(28,29)27-18(2)23(16-19-6-4-3-5-7-19)24(26-27)20-10-12-21(25)13-11-20/h3-16,18H,1-2H3/b23-16+. The van der Waals surface area contributed by atoms with Crippen LogP contribution in [0.4, 0.5) is 0 Å². The van der Waals surface area contributed by atoms with E-state index in [2.05, 4.69) is 21.0 Å². The van der Waals surface area contributed by atoms with Crippen LogP contribution in [0, 0.1) is 6.92 Å². The lowest BCUT2D eigenvalue weighted by Crippen LogP contribution is -2.31. The van der Waals surface area contributed by atoms with Crippen molar-refractivity contribution in [2.45, 2.75) is 24.8 Å². The van der Waals surface area contributed by atoms with Crippen molar-refractivity contribution in [1.29, 1.82) is 0 Å². The van der Waals surface area contributed by atoms with Gasteiger partial charge in [0.05, 0.1) is 16.6 Å². The number of hydrogen-bond donors (Lipinski definition) is 0. The summed E-state index contributed by atoms with van der Waals surface area (Å²) in [7, 11) is -3.78. The molecular formula is C24H21BrN2O2S. The molecule has 4 rings (SSSR count). The Balaban J connectivity index is 1.83. The molecule has 1 heterocycles. The highest BCUT2D eigenvalue weighted by Crippen LogP contribution is 2.32. The molecule has 152 valence electrons. The number of rotatable bonds is 4. The van der Waals surface area contributed by atoms with Crippen molar-refractivity contribution in [3.8, 4) is 0 Å². The highest BCUT2D eigenvalue weighted by molar-refractivity contribution is 9.10. The molecule has 0 spiro atoms. The van der Waals surface area contributed by atoms with Gasteiger partial charge in [-0.25, -0.2) is 0 Å². The van der Waals surface area contributed by atoms with Crippen molar-refractivity contribution >= 4 is 37.7 Å². The maximum atomic E-state index is 13.4. The van der Waals surface area contributed by atoms with Crippen molar-refractivity contribution < 1.29 is 8.42 Å². The fourth-order valence-corrected chi connectivity index (χ4v) is 5.07. The Labute approximate surface area is 185 Å². The summed E-state index contributed by atoms with van der Waals surface area (Å²) in [6.07, 6.45) is 2.01. The van der Waals surface area contributed by atoms with Crippen LogP contribution < -0.4 is 0 Å². The van der Waals surface area contributed by atoms with Gasteiger partial charge in [0.2, 0.25) is 0 Å². The van der Waals surface area contributed by atoms with E-state index >= 15 is 0 Å². The average molecular weight is 481 g/mol. The molecular weight excluding hydrogens is 460 g/mol. The maximum Gasteiger partial charge on any atom is 0.279 e. The van der Waals surface area contributed by atoms with Gasteiger partial charge in [0, 0.05) is 15.6 Å². The Bertz CT molecular complexity index is 1220. The lowest BCUT2D eigenvalue weighted by molar-refractivity contribution is 0.408. The summed E-state index contributed by atoms with van der Waals surface area (Å²) in [4.78, 5) is 0.236. The van der Waals surface area contributed by atoms with E-state index in [0.717, 1.165) is 26.7 Å². The second-order valence-electron chi connectivity index (χ2n) is 7.23. The van der Waals surface area contributed by atoms with E-state index in [0.29, 0.717) is 5.71 Å². The van der Waals surface area contributed by atoms with Crippen LogP contribution in [-0.2, 0) is 10.0 Å². The first-order chi connectivity index (χ1) is 14.4. The van der Waals surface area contributed by atoms with E-state index < -0.39 is 16.1 Å². The van der Waals surface area contributed by atoms with Crippen LogP contribution in [0.3, 0.4) is 0 Å². The summed E-state index contributed by atoms with van der Waals surface area (Å²) in [5, 5.41) is 4.60. The largest absolute Gasteiger partial charge is 0.279 e. The molecule has 0 saturated heterocycles. The van der Waals surface area contributed by atoms with E-state index in [1.165, 1.54) is 4.41 Å². The second-order valence-corrected chi connectivity index (χ2v) is 9.94. The third-order valence-corrected chi connectivity index (χ3v) is 7.34. The number of hydrazone groups is 1. The quantitative estimate of drug-likeness (QED) is 0.485. The number of halogens is 1. The van der Waals surface area contributed by atoms with Gasteiger partial charge >= 0.3 is 0 Å². The minimum atomic E-state index is -3.78. The maximum absolute atomic E-state index is 13.4. The first-order valence-electron chi connectivity index (χ1n) is 9.59. The highest BCUT2D eigenvalue weighted by Gasteiger charge is 2.37. The zero-order valence-electron chi connectivity index (χ0n) is 16.7. The second kappa shape index (κ2) is 8.20. The Morgan fingerprint density at radius 2 is 1.57 bits per heavy atom. The topological polar surface area (TPSA) is 49.7 Å². The molecule has 0 fully saturated rings. The van der Waals surface area contributed by atoms with Crippen molar-refractivity contribution in [3.63, 3.8) is 0 Å². The lowest BCUT2D eigenvalue weighted by Gasteiger charge is -2.20. The molecule has 30 heavy (non-hydrogen) atoms. The number of aryl methyl sites for hydroxylation is 1. The van der Waals surface area contributed by atoms with Gasteiger partial charge < -0.3 is 0 Å². The summed E-state index contributed by atoms with van der Waals surface area (Å²) >= 11 is 3.45. The fourth-order valence-electron chi connectivity index (χ4n) is 3.39. The third-order valence-electron chi connectivity index (χ3n) is 5.06. The van der Waals surface area contributed by atoms with Crippen molar-refractivity contribution in [2.24, 2.45) is 5.10 Å². The fraction of sp³-hybridized carbons (Fsp3) is 0.125. The summed E-state index contributed by atoms with van der Waals surface area (Å²) in [5.74, 6) is 0. The first kappa shape index (κ1) is 20.6. The highest BCUT2D eigenvalue weighted by atomic mass is 79.9. The summed E-state index contributed by atoms with van der Waals surface area (Å²) in [6, 6.07) is 24.0. The van der Waals surface area contributed by atoms with Gasteiger partial charge in [0.15, 0.2) is 0 Å². The molecule has 0 aromatic heterocycles. The lowest BCUT2D eigenvalue weighted by atomic mass is 9.96.